The zero-order chi connectivity index (χ0) is 25.6. The number of nitrogens with one attached hydrogen (secondary N) is 1. The van der Waals surface area contributed by atoms with Crippen molar-refractivity contribution in [3.05, 3.63) is 92.1 Å². The van der Waals surface area contributed by atoms with Crippen molar-refractivity contribution >= 4 is 22.5 Å². The van der Waals surface area contributed by atoms with Crippen LogP contribution < -0.4 is 5.56 Å². The van der Waals surface area contributed by atoms with Crippen molar-refractivity contribution in [1.82, 2.24) is 14.5 Å². The lowest BCUT2D eigenvalue weighted by Gasteiger charge is -2.32. The quantitative estimate of drug-likeness (QED) is 0.313. The van der Waals surface area contributed by atoms with E-state index in [0.717, 1.165) is 48.3 Å². The first-order valence-corrected chi connectivity index (χ1v) is 13.1. The second-order valence-corrected chi connectivity index (χ2v) is 10.9. The first-order chi connectivity index (χ1) is 17.2. The molecule has 188 valence electrons. The number of likely N-dealkylation sites (tertiary alicyclic amines) is 1. The first-order valence-electron chi connectivity index (χ1n) is 12.7. The van der Waals surface area contributed by atoms with Crippen LogP contribution in [0.15, 0.2) is 53.5 Å². The summed E-state index contributed by atoms with van der Waals surface area (Å²) in [5.74, 6) is 0.620. The van der Waals surface area contributed by atoms with Gasteiger partial charge in [-0.15, -0.1) is 0 Å². The Morgan fingerprint density at radius 2 is 1.86 bits per heavy atom. The zero-order valence-electron chi connectivity index (χ0n) is 21.4. The third kappa shape index (κ3) is 4.74. The van der Waals surface area contributed by atoms with Crippen molar-refractivity contribution in [2.75, 3.05) is 13.1 Å². The van der Waals surface area contributed by atoms with Gasteiger partial charge in [0.05, 0.1) is 5.69 Å². The standard InChI is InChI=1S/C30H33ClFN3O/c1-18(2)28-25-15-21(5-8-27(25)33-29(28)23-13-19(3)30(36)34(4)16-23)20-9-11-35(12-10-20)17-22-14-24(31)6-7-26(22)32/h5-8,13-16,18,20,33H,9-12,17H2,1-4H3. The largest absolute Gasteiger partial charge is 0.354 e. The molecule has 0 amide bonds. The lowest BCUT2D eigenvalue weighted by molar-refractivity contribution is 0.202. The molecule has 0 bridgehead atoms. The number of nitrogens with zero attached hydrogens (tertiary/aromatic N) is 2. The SMILES string of the molecule is Cc1cc(-c2[nH]c3ccc(C4CCN(Cc5cc(Cl)ccc5F)CC4)cc3c2C(C)C)cn(C)c1=O. The van der Waals surface area contributed by atoms with Crippen molar-refractivity contribution in [2.45, 2.75) is 52.0 Å². The van der Waals surface area contributed by atoms with E-state index in [1.807, 2.05) is 26.2 Å². The van der Waals surface area contributed by atoms with Crippen LogP contribution >= 0.6 is 11.6 Å². The van der Waals surface area contributed by atoms with Crippen LogP contribution in [0.2, 0.25) is 5.02 Å². The molecule has 1 aliphatic heterocycles. The highest BCUT2D eigenvalue weighted by atomic mass is 35.5. The maximum absolute atomic E-state index is 14.2. The Balaban J connectivity index is 1.40. The molecule has 1 aliphatic rings. The number of piperidine rings is 1. The average molecular weight is 506 g/mol. The fourth-order valence-corrected chi connectivity index (χ4v) is 5.85. The monoisotopic (exact) mass is 505 g/mol. The Bertz CT molecular complexity index is 1450. The molecule has 4 nitrogen and oxygen atoms in total. The van der Waals surface area contributed by atoms with Gasteiger partial charge in [-0.05, 0) is 92.2 Å². The molecule has 4 aromatic rings. The molecule has 1 fully saturated rings. The first kappa shape index (κ1) is 24.8. The fraction of sp³-hybridized carbons (Fsp3) is 0.367. The Morgan fingerprint density at radius 3 is 2.56 bits per heavy atom. The van der Waals surface area contributed by atoms with Gasteiger partial charge in [0.15, 0.2) is 0 Å². The Hall–Kier alpha value is -2.89. The normalized spacial score (nSPS) is 15.3. The van der Waals surface area contributed by atoms with E-state index in [9.17, 15) is 9.18 Å². The predicted molar refractivity (Wildman–Crippen MR) is 146 cm³/mol. The lowest BCUT2D eigenvalue weighted by Crippen LogP contribution is -2.32. The summed E-state index contributed by atoms with van der Waals surface area (Å²) in [4.78, 5) is 18.2. The van der Waals surface area contributed by atoms with Crippen LogP contribution in [-0.4, -0.2) is 27.5 Å². The second-order valence-electron chi connectivity index (χ2n) is 10.5. The van der Waals surface area contributed by atoms with E-state index >= 15 is 0 Å². The Morgan fingerprint density at radius 1 is 1.11 bits per heavy atom. The summed E-state index contributed by atoms with van der Waals surface area (Å²) in [6, 6.07) is 13.6. The molecule has 2 aromatic heterocycles. The van der Waals surface area contributed by atoms with Crippen molar-refractivity contribution in [3.8, 4) is 11.3 Å². The van der Waals surface area contributed by atoms with Crippen LogP contribution in [0.25, 0.3) is 22.2 Å². The van der Waals surface area contributed by atoms with E-state index in [1.54, 1.807) is 16.7 Å². The minimum Gasteiger partial charge on any atom is -0.354 e. The minimum atomic E-state index is -0.190. The molecule has 2 aromatic carbocycles. The third-order valence-electron chi connectivity index (χ3n) is 7.55. The molecule has 0 unspecified atom stereocenters. The van der Waals surface area contributed by atoms with Crippen molar-refractivity contribution in [2.24, 2.45) is 7.05 Å². The highest BCUT2D eigenvalue weighted by molar-refractivity contribution is 6.30. The number of benzene rings is 2. The van der Waals surface area contributed by atoms with Crippen molar-refractivity contribution in [1.29, 1.82) is 0 Å². The van der Waals surface area contributed by atoms with Gasteiger partial charge >= 0.3 is 0 Å². The van der Waals surface area contributed by atoms with Crippen LogP contribution in [0.3, 0.4) is 0 Å². The van der Waals surface area contributed by atoms with Gasteiger partial charge in [-0.1, -0.05) is 31.5 Å². The molecule has 3 heterocycles. The van der Waals surface area contributed by atoms with Gasteiger partial charge in [0.1, 0.15) is 5.82 Å². The van der Waals surface area contributed by atoms with Gasteiger partial charge in [-0.25, -0.2) is 4.39 Å². The topological polar surface area (TPSA) is 41.0 Å². The van der Waals surface area contributed by atoms with Crippen molar-refractivity contribution in [3.63, 3.8) is 0 Å². The lowest BCUT2D eigenvalue weighted by atomic mass is 9.87. The molecular formula is C30H33ClFN3O. The van der Waals surface area contributed by atoms with E-state index in [2.05, 4.69) is 41.9 Å². The van der Waals surface area contributed by atoms with Crippen LogP contribution in [0.5, 0.6) is 0 Å². The fourth-order valence-electron chi connectivity index (χ4n) is 5.66. The van der Waals surface area contributed by atoms with Gasteiger partial charge in [0.2, 0.25) is 0 Å². The summed E-state index contributed by atoms with van der Waals surface area (Å²) in [5.41, 5.74) is 7.35. The van der Waals surface area contributed by atoms with Crippen LogP contribution in [-0.2, 0) is 13.6 Å². The van der Waals surface area contributed by atoms with Gasteiger partial charge in [-0.2, -0.15) is 0 Å². The summed E-state index contributed by atoms with van der Waals surface area (Å²) in [6.45, 7) is 8.77. The zero-order valence-corrected chi connectivity index (χ0v) is 22.1. The van der Waals surface area contributed by atoms with Crippen LogP contribution in [0.1, 0.15) is 60.8 Å². The molecule has 1 saturated heterocycles. The van der Waals surface area contributed by atoms with E-state index in [-0.39, 0.29) is 11.4 Å². The number of halogens is 2. The number of rotatable bonds is 5. The van der Waals surface area contributed by atoms with E-state index in [0.29, 0.717) is 29.0 Å². The molecule has 0 spiro atoms. The molecule has 6 heteroatoms. The Labute approximate surface area is 216 Å². The number of fused-ring (bicyclic) bond motifs is 1. The number of aromatic nitrogens is 2. The van der Waals surface area contributed by atoms with Gasteiger partial charge in [-0.3, -0.25) is 9.69 Å². The van der Waals surface area contributed by atoms with Gasteiger partial charge in [0, 0.05) is 52.4 Å². The maximum atomic E-state index is 14.2. The second kappa shape index (κ2) is 9.87. The number of hydrogen-bond acceptors (Lipinski definition) is 2. The number of hydrogen-bond donors (Lipinski definition) is 1. The summed E-state index contributed by atoms with van der Waals surface area (Å²) in [5, 5.41) is 1.83. The van der Waals surface area contributed by atoms with Crippen LogP contribution in [0, 0.1) is 12.7 Å². The summed E-state index contributed by atoms with van der Waals surface area (Å²) >= 11 is 6.08. The molecule has 1 N–H and O–H groups in total. The predicted octanol–water partition coefficient (Wildman–Crippen LogP) is 7.14. The van der Waals surface area contributed by atoms with Gasteiger partial charge in [0.25, 0.3) is 5.56 Å². The molecule has 5 rings (SSSR count). The van der Waals surface area contributed by atoms with Crippen molar-refractivity contribution < 1.29 is 4.39 Å². The molecule has 0 saturated carbocycles. The highest BCUT2D eigenvalue weighted by Gasteiger charge is 2.23. The minimum absolute atomic E-state index is 0.0349. The number of aryl methyl sites for hydroxylation is 2. The molecule has 0 aliphatic carbocycles. The molecule has 0 atom stereocenters. The summed E-state index contributed by atoms with van der Waals surface area (Å²) in [7, 11) is 1.81. The molecule has 0 radical (unpaired) electrons. The van der Waals surface area contributed by atoms with Crippen LogP contribution in [0.4, 0.5) is 4.39 Å². The average Bonchev–Trinajstić information content (AvgIpc) is 3.24. The number of aromatic amines is 1. The highest BCUT2D eigenvalue weighted by Crippen LogP contribution is 2.38. The van der Waals surface area contributed by atoms with E-state index in [1.165, 1.54) is 22.6 Å². The number of H-pyrrole nitrogens is 1. The Kier molecular flexibility index (Phi) is 6.80. The van der Waals surface area contributed by atoms with Gasteiger partial charge < -0.3 is 9.55 Å². The summed E-state index contributed by atoms with van der Waals surface area (Å²) < 4.78 is 15.9. The third-order valence-corrected chi connectivity index (χ3v) is 7.79. The molecule has 36 heavy (non-hydrogen) atoms. The smallest absolute Gasteiger partial charge is 0.253 e. The van der Waals surface area contributed by atoms with E-state index in [4.69, 9.17) is 11.6 Å². The number of pyridine rings is 1. The molecular weight excluding hydrogens is 473 g/mol. The van der Waals surface area contributed by atoms with E-state index < -0.39 is 0 Å². The maximum Gasteiger partial charge on any atom is 0.253 e. The summed E-state index contributed by atoms with van der Waals surface area (Å²) in [6.07, 6.45) is 4.01.